The number of rotatable bonds is 5. The molecule has 0 bridgehead atoms. The lowest BCUT2D eigenvalue weighted by atomic mass is 9.99. The Morgan fingerprint density at radius 1 is 1.03 bits per heavy atom. The van der Waals surface area contributed by atoms with Crippen molar-refractivity contribution in [2.24, 2.45) is 0 Å². The first-order valence-electron chi connectivity index (χ1n) is 11.4. The maximum Gasteiger partial charge on any atom is 0.262 e. The Hall–Kier alpha value is -3.00. The maximum atomic E-state index is 12.5. The van der Waals surface area contributed by atoms with E-state index in [9.17, 15) is 30.5 Å². The number of hydrogen-bond acceptors (Lipinski definition) is 8. The van der Waals surface area contributed by atoms with Crippen LogP contribution in [0.25, 0.3) is 16.8 Å². The fourth-order valence-electron chi connectivity index (χ4n) is 4.39. The van der Waals surface area contributed by atoms with Gasteiger partial charge in [-0.1, -0.05) is 18.2 Å². The highest BCUT2D eigenvalue weighted by molar-refractivity contribution is 6.02. The number of carbonyl (C=O) groups is 1. The molecule has 5 N–H and O–H groups in total. The van der Waals surface area contributed by atoms with Gasteiger partial charge in [0, 0.05) is 25.3 Å². The maximum absolute atomic E-state index is 12.5. The molecule has 0 saturated carbocycles. The molecule has 2 aliphatic heterocycles. The summed E-state index contributed by atoms with van der Waals surface area (Å²) in [5.41, 5.74) is 1.74. The number of nitriles is 1. The number of aliphatic hydroxyl groups is 4. The lowest BCUT2D eigenvalue weighted by molar-refractivity contribution is -0.280. The summed E-state index contributed by atoms with van der Waals surface area (Å²) < 4.78 is 5.04. The van der Waals surface area contributed by atoms with Gasteiger partial charge in [-0.2, -0.15) is 5.26 Å². The number of amides is 1. The van der Waals surface area contributed by atoms with Crippen LogP contribution in [-0.4, -0.2) is 76.7 Å². The number of benzene rings is 2. The lowest BCUT2D eigenvalue weighted by Gasteiger charge is -2.38. The molecule has 5 atom stereocenters. The third-order valence-electron chi connectivity index (χ3n) is 6.40. The second-order valence-corrected chi connectivity index (χ2v) is 8.76. The van der Waals surface area contributed by atoms with Crippen LogP contribution >= 0.6 is 0 Å². The van der Waals surface area contributed by atoms with Gasteiger partial charge in [-0.25, -0.2) is 0 Å². The SMILES string of the molecule is N#C/C(=C\c1ccc2cc(N3CCCCC3)ccc2c1)C(=O)NC[C@H]1OC(O)[C@H](O)[C@@H](O)[C@H]1O. The van der Waals surface area contributed by atoms with Crippen LogP contribution in [-0.2, 0) is 9.53 Å². The largest absolute Gasteiger partial charge is 0.388 e. The number of anilines is 1. The summed E-state index contributed by atoms with van der Waals surface area (Å²) >= 11 is 0. The summed E-state index contributed by atoms with van der Waals surface area (Å²) in [5, 5.41) is 52.9. The third-order valence-corrected chi connectivity index (χ3v) is 6.40. The van der Waals surface area contributed by atoms with Gasteiger partial charge < -0.3 is 35.4 Å². The Morgan fingerprint density at radius 2 is 1.74 bits per heavy atom. The molecule has 9 nitrogen and oxygen atoms in total. The normalized spacial score (nSPS) is 27.9. The van der Waals surface area contributed by atoms with Crippen LogP contribution in [0.1, 0.15) is 24.8 Å². The predicted molar refractivity (Wildman–Crippen MR) is 126 cm³/mol. The van der Waals surface area contributed by atoms with E-state index in [-0.39, 0.29) is 12.1 Å². The Bertz CT molecular complexity index is 1110. The molecule has 1 unspecified atom stereocenters. The van der Waals surface area contributed by atoms with Gasteiger partial charge in [0.1, 0.15) is 36.1 Å². The summed E-state index contributed by atoms with van der Waals surface area (Å²) in [5.74, 6) is -0.686. The fraction of sp³-hybridized carbons (Fsp3) is 0.440. The van der Waals surface area contributed by atoms with Gasteiger partial charge in [0.05, 0.1) is 0 Å². The summed E-state index contributed by atoms with van der Waals surface area (Å²) in [7, 11) is 0. The Morgan fingerprint density at radius 3 is 2.47 bits per heavy atom. The first kappa shape index (κ1) is 24.1. The number of ether oxygens (including phenoxy) is 1. The monoisotopic (exact) mass is 467 g/mol. The van der Waals surface area contributed by atoms with E-state index in [1.165, 1.54) is 31.0 Å². The molecule has 2 aromatic rings. The predicted octanol–water partition coefficient (Wildman–Crippen LogP) is 0.653. The highest BCUT2D eigenvalue weighted by Crippen LogP contribution is 2.26. The minimum absolute atomic E-state index is 0.143. The van der Waals surface area contributed by atoms with Crippen molar-refractivity contribution < 1.29 is 30.0 Å². The highest BCUT2D eigenvalue weighted by Gasteiger charge is 2.42. The molecular formula is C25H29N3O6. The lowest BCUT2D eigenvalue weighted by Crippen LogP contribution is -2.60. The van der Waals surface area contributed by atoms with Crippen molar-refractivity contribution in [2.45, 2.75) is 50.0 Å². The summed E-state index contributed by atoms with van der Waals surface area (Å²) in [4.78, 5) is 14.9. The summed E-state index contributed by atoms with van der Waals surface area (Å²) in [6.07, 6.45) is -2.47. The number of nitrogens with one attached hydrogen (secondary N) is 1. The average molecular weight is 468 g/mol. The zero-order valence-corrected chi connectivity index (χ0v) is 18.7. The van der Waals surface area contributed by atoms with Crippen LogP contribution in [0.4, 0.5) is 5.69 Å². The highest BCUT2D eigenvalue weighted by atomic mass is 16.6. The van der Waals surface area contributed by atoms with Crippen LogP contribution in [0, 0.1) is 11.3 Å². The molecule has 2 aliphatic rings. The molecule has 4 rings (SSSR count). The molecule has 0 aliphatic carbocycles. The summed E-state index contributed by atoms with van der Waals surface area (Å²) in [6, 6.07) is 13.9. The fourth-order valence-corrected chi connectivity index (χ4v) is 4.39. The molecular weight excluding hydrogens is 438 g/mol. The minimum Gasteiger partial charge on any atom is -0.388 e. The number of piperidine rings is 1. The molecule has 2 aromatic carbocycles. The number of fused-ring (bicyclic) bond motifs is 1. The number of hydrogen-bond donors (Lipinski definition) is 5. The van der Waals surface area contributed by atoms with Crippen molar-refractivity contribution >= 4 is 28.4 Å². The Labute approximate surface area is 197 Å². The summed E-state index contributed by atoms with van der Waals surface area (Å²) in [6.45, 7) is 1.86. The van der Waals surface area contributed by atoms with Crippen molar-refractivity contribution in [1.29, 1.82) is 5.26 Å². The molecule has 0 radical (unpaired) electrons. The topological polar surface area (TPSA) is 146 Å². The van der Waals surface area contributed by atoms with Crippen LogP contribution in [0.2, 0.25) is 0 Å². The first-order valence-corrected chi connectivity index (χ1v) is 11.4. The van der Waals surface area contributed by atoms with Gasteiger partial charge in [0.25, 0.3) is 5.91 Å². The van der Waals surface area contributed by atoms with Crippen LogP contribution in [0.3, 0.4) is 0 Å². The van der Waals surface area contributed by atoms with Crippen molar-refractivity contribution in [2.75, 3.05) is 24.5 Å². The van der Waals surface area contributed by atoms with Gasteiger partial charge in [-0.15, -0.1) is 0 Å². The molecule has 9 heteroatoms. The van der Waals surface area contributed by atoms with Gasteiger partial charge in [-0.3, -0.25) is 4.79 Å². The molecule has 34 heavy (non-hydrogen) atoms. The van der Waals surface area contributed by atoms with Gasteiger partial charge >= 0.3 is 0 Å². The zero-order chi connectivity index (χ0) is 24.2. The molecule has 2 heterocycles. The van der Waals surface area contributed by atoms with E-state index in [1.807, 2.05) is 30.3 Å². The van der Waals surface area contributed by atoms with E-state index < -0.39 is 36.6 Å². The van der Waals surface area contributed by atoms with Crippen molar-refractivity contribution in [3.8, 4) is 6.07 Å². The van der Waals surface area contributed by atoms with E-state index in [2.05, 4.69) is 22.3 Å². The van der Waals surface area contributed by atoms with E-state index in [1.54, 1.807) is 0 Å². The van der Waals surface area contributed by atoms with E-state index >= 15 is 0 Å². The smallest absolute Gasteiger partial charge is 0.262 e. The van der Waals surface area contributed by atoms with Crippen LogP contribution in [0.5, 0.6) is 0 Å². The quantitative estimate of drug-likeness (QED) is 0.318. The number of nitrogens with zero attached hydrogens (tertiary/aromatic N) is 2. The second-order valence-electron chi connectivity index (χ2n) is 8.76. The minimum atomic E-state index is -1.70. The number of aliphatic hydroxyl groups excluding tert-OH is 4. The standard InChI is InChI=1S/C25H29N3O6/c26-13-18(24(32)27-14-20-21(29)22(30)23(31)25(33)34-20)11-15-4-5-17-12-19(7-6-16(17)10-15)28-8-2-1-3-9-28/h4-7,10-12,20-23,25,29-31,33H,1-3,8-9,14H2,(H,27,32)/b18-11+/t20-,21+,22+,23-,25?/m1/s1. The molecule has 2 fully saturated rings. The van der Waals surface area contributed by atoms with Gasteiger partial charge in [0.2, 0.25) is 0 Å². The van der Waals surface area contributed by atoms with Crippen molar-refractivity contribution in [3.63, 3.8) is 0 Å². The van der Waals surface area contributed by atoms with E-state index in [0.29, 0.717) is 5.56 Å². The second kappa shape index (κ2) is 10.5. The molecule has 180 valence electrons. The zero-order valence-electron chi connectivity index (χ0n) is 18.7. The van der Waals surface area contributed by atoms with Gasteiger partial charge in [0.15, 0.2) is 6.29 Å². The molecule has 0 spiro atoms. The third kappa shape index (κ3) is 5.22. The van der Waals surface area contributed by atoms with Gasteiger partial charge in [-0.05, 0) is 59.9 Å². The Balaban J connectivity index is 1.44. The molecule has 0 aromatic heterocycles. The Kier molecular flexibility index (Phi) is 7.46. The first-order chi connectivity index (χ1) is 16.4. The molecule has 1 amide bonds. The van der Waals surface area contributed by atoms with Crippen molar-refractivity contribution in [3.05, 3.63) is 47.5 Å². The van der Waals surface area contributed by atoms with Crippen molar-refractivity contribution in [1.82, 2.24) is 5.32 Å². The van der Waals surface area contributed by atoms with E-state index in [4.69, 9.17) is 4.74 Å². The molecule has 2 saturated heterocycles. The van der Waals surface area contributed by atoms with Crippen LogP contribution in [0.15, 0.2) is 42.0 Å². The van der Waals surface area contributed by atoms with E-state index in [0.717, 1.165) is 23.9 Å². The van der Waals surface area contributed by atoms with Crippen LogP contribution < -0.4 is 10.2 Å². The number of carbonyl (C=O) groups excluding carboxylic acids is 1. The average Bonchev–Trinajstić information content (AvgIpc) is 2.87.